The molecule has 0 unspecified atom stereocenters. The SMILES string of the molecule is Cn1c(SCn2nnc3ccccc3c2=O)nnc1-c1cccnc1. The largest absolute Gasteiger partial charge is 0.305 e. The van der Waals surface area contributed by atoms with Gasteiger partial charge in [0.2, 0.25) is 0 Å². The van der Waals surface area contributed by atoms with Crippen molar-refractivity contribution in [1.82, 2.24) is 34.7 Å². The smallest absolute Gasteiger partial charge is 0.278 e. The fourth-order valence-electron chi connectivity index (χ4n) is 2.41. The Bertz CT molecular complexity index is 1090. The van der Waals surface area contributed by atoms with Gasteiger partial charge in [-0.1, -0.05) is 29.1 Å². The Balaban J connectivity index is 1.59. The number of hydrogen-bond acceptors (Lipinski definition) is 7. The molecule has 0 spiro atoms. The van der Waals surface area contributed by atoms with Crippen molar-refractivity contribution in [3.63, 3.8) is 0 Å². The topological polar surface area (TPSA) is 91.4 Å². The molecule has 0 saturated heterocycles. The summed E-state index contributed by atoms with van der Waals surface area (Å²) in [7, 11) is 1.87. The molecule has 0 saturated carbocycles. The van der Waals surface area contributed by atoms with Crippen molar-refractivity contribution < 1.29 is 0 Å². The third kappa shape index (κ3) is 2.89. The average molecular weight is 351 g/mol. The lowest BCUT2D eigenvalue weighted by Crippen LogP contribution is -2.23. The summed E-state index contributed by atoms with van der Waals surface area (Å²) < 4.78 is 3.19. The second-order valence-corrected chi connectivity index (χ2v) is 6.20. The standard InChI is InChI=1S/C16H13N7OS/c1-22-14(11-5-4-8-17-9-11)19-20-16(22)25-10-23-15(24)12-6-2-3-7-13(12)18-21-23/h2-9H,10H2,1H3. The molecule has 9 heteroatoms. The zero-order valence-electron chi connectivity index (χ0n) is 13.3. The minimum absolute atomic E-state index is 0.173. The van der Waals surface area contributed by atoms with Crippen molar-refractivity contribution >= 4 is 22.7 Å². The first-order chi connectivity index (χ1) is 12.2. The van der Waals surface area contributed by atoms with Crippen LogP contribution in [-0.4, -0.2) is 34.7 Å². The van der Waals surface area contributed by atoms with E-state index in [1.165, 1.54) is 16.4 Å². The Morgan fingerprint density at radius 3 is 2.80 bits per heavy atom. The molecule has 3 heterocycles. The van der Waals surface area contributed by atoms with Crippen LogP contribution in [0, 0.1) is 0 Å². The minimum atomic E-state index is -0.173. The fourth-order valence-corrected chi connectivity index (χ4v) is 3.20. The van der Waals surface area contributed by atoms with E-state index in [1.807, 2.05) is 35.9 Å². The molecule has 0 aliphatic rings. The summed E-state index contributed by atoms with van der Waals surface area (Å²) >= 11 is 1.37. The molecule has 0 fully saturated rings. The summed E-state index contributed by atoms with van der Waals surface area (Å²) in [6.45, 7) is 0. The van der Waals surface area contributed by atoms with E-state index in [9.17, 15) is 4.79 Å². The van der Waals surface area contributed by atoms with Crippen LogP contribution in [0.2, 0.25) is 0 Å². The molecule has 1 aromatic carbocycles. The summed E-state index contributed by atoms with van der Waals surface area (Å²) in [5.41, 5.74) is 1.30. The van der Waals surface area contributed by atoms with Gasteiger partial charge in [0, 0.05) is 25.0 Å². The van der Waals surface area contributed by atoms with Crippen molar-refractivity contribution in [2.24, 2.45) is 7.05 Å². The lowest BCUT2D eigenvalue weighted by atomic mass is 10.2. The van der Waals surface area contributed by atoms with Crippen LogP contribution in [0.1, 0.15) is 0 Å². The van der Waals surface area contributed by atoms with Gasteiger partial charge in [0.1, 0.15) is 5.52 Å². The highest BCUT2D eigenvalue weighted by Crippen LogP contribution is 2.22. The van der Waals surface area contributed by atoms with Crippen LogP contribution in [0.4, 0.5) is 0 Å². The number of thioether (sulfide) groups is 1. The summed E-state index contributed by atoms with van der Waals surface area (Å²) in [5, 5.41) is 17.7. The van der Waals surface area contributed by atoms with E-state index >= 15 is 0 Å². The van der Waals surface area contributed by atoms with Crippen LogP contribution in [0.25, 0.3) is 22.3 Å². The Kier molecular flexibility index (Phi) is 3.98. The van der Waals surface area contributed by atoms with Crippen molar-refractivity contribution in [2.75, 3.05) is 0 Å². The quantitative estimate of drug-likeness (QED) is 0.517. The van der Waals surface area contributed by atoms with Crippen molar-refractivity contribution in [3.8, 4) is 11.4 Å². The number of benzene rings is 1. The number of hydrogen-bond donors (Lipinski definition) is 0. The van der Waals surface area contributed by atoms with Crippen LogP contribution in [-0.2, 0) is 12.9 Å². The molecule has 4 aromatic rings. The van der Waals surface area contributed by atoms with Crippen molar-refractivity contribution in [1.29, 1.82) is 0 Å². The summed E-state index contributed by atoms with van der Waals surface area (Å²) in [6.07, 6.45) is 3.44. The second-order valence-electron chi connectivity index (χ2n) is 5.29. The number of aromatic nitrogens is 7. The van der Waals surface area contributed by atoms with E-state index in [0.29, 0.717) is 27.8 Å². The maximum absolute atomic E-state index is 12.5. The Morgan fingerprint density at radius 2 is 1.96 bits per heavy atom. The van der Waals surface area contributed by atoms with Crippen LogP contribution in [0.15, 0.2) is 58.7 Å². The van der Waals surface area contributed by atoms with E-state index in [4.69, 9.17) is 0 Å². The van der Waals surface area contributed by atoms with Gasteiger partial charge < -0.3 is 4.57 Å². The number of rotatable bonds is 4. The number of pyridine rings is 1. The monoisotopic (exact) mass is 351 g/mol. The van der Waals surface area contributed by atoms with Crippen LogP contribution < -0.4 is 5.56 Å². The lowest BCUT2D eigenvalue weighted by molar-refractivity contribution is 0.642. The highest BCUT2D eigenvalue weighted by atomic mass is 32.2. The van der Waals surface area contributed by atoms with Gasteiger partial charge in [-0.25, -0.2) is 0 Å². The lowest BCUT2D eigenvalue weighted by Gasteiger charge is -2.05. The van der Waals surface area contributed by atoms with E-state index in [2.05, 4.69) is 25.5 Å². The van der Waals surface area contributed by atoms with Gasteiger partial charge in [0.15, 0.2) is 11.0 Å². The predicted octanol–water partition coefficient (Wildman–Crippen LogP) is 1.73. The highest BCUT2D eigenvalue weighted by molar-refractivity contribution is 7.98. The second kappa shape index (κ2) is 6.44. The van der Waals surface area contributed by atoms with Gasteiger partial charge in [0.25, 0.3) is 5.56 Å². The van der Waals surface area contributed by atoms with Crippen molar-refractivity contribution in [3.05, 3.63) is 59.1 Å². The molecule has 0 atom stereocenters. The zero-order chi connectivity index (χ0) is 17.2. The molecule has 25 heavy (non-hydrogen) atoms. The Morgan fingerprint density at radius 1 is 1.08 bits per heavy atom. The Hall–Kier alpha value is -3.07. The summed E-state index contributed by atoms with van der Waals surface area (Å²) in [6, 6.07) is 10.9. The molecule has 0 radical (unpaired) electrons. The van der Waals surface area contributed by atoms with Crippen LogP contribution in [0.3, 0.4) is 0 Å². The molecule has 0 aliphatic heterocycles. The molecule has 0 bridgehead atoms. The predicted molar refractivity (Wildman–Crippen MR) is 93.9 cm³/mol. The molecular weight excluding hydrogens is 338 g/mol. The molecule has 0 N–H and O–H groups in total. The molecule has 124 valence electrons. The van der Waals surface area contributed by atoms with Gasteiger partial charge in [-0.15, -0.1) is 15.3 Å². The molecule has 3 aromatic heterocycles. The molecule has 0 amide bonds. The van der Waals surface area contributed by atoms with Gasteiger partial charge >= 0.3 is 0 Å². The third-order valence-corrected chi connectivity index (χ3v) is 4.69. The maximum atomic E-state index is 12.5. The highest BCUT2D eigenvalue weighted by Gasteiger charge is 2.12. The van der Waals surface area contributed by atoms with Gasteiger partial charge in [-0.05, 0) is 24.3 Å². The average Bonchev–Trinajstić information content (AvgIpc) is 3.03. The van der Waals surface area contributed by atoms with E-state index < -0.39 is 0 Å². The van der Waals surface area contributed by atoms with Crippen LogP contribution in [0.5, 0.6) is 0 Å². The van der Waals surface area contributed by atoms with E-state index in [0.717, 1.165) is 5.56 Å². The zero-order valence-corrected chi connectivity index (χ0v) is 14.1. The molecular formula is C16H13N7OS. The first kappa shape index (κ1) is 15.5. The summed E-state index contributed by atoms with van der Waals surface area (Å²) in [5.74, 6) is 1.02. The first-order valence-electron chi connectivity index (χ1n) is 7.49. The van der Waals surface area contributed by atoms with Crippen molar-refractivity contribution in [2.45, 2.75) is 11.0 Å². The van der Waals surface area contributed by atoms with E-state index in [-0.39, 0.29) is 5.56 Å². The summed E-state index contributed by atoms with van der Waals surface area (Å²) in [4.78, 5) is 16.6. The fraction of sp³-hybridized carbons (Fsp3) is 0.125. The third-order valence-electron chi connectivity index (χ3n) is 3.70. The molecule has 4 rings (SSSR count). The number of fused-ring (bicyclic) bond motifs is 1. The van der Waals surface area contributed by atoms with Gasteiger partial charge in [0.05, 0.1) is 11.3 Å². The molecule has 8 nitrogen and oxygen atoms in total. The first-order valence-corrected chi connectivity index (χ1v) is 8.48. The van der Waals surface area contributed by atoms with E-state index in [1.54, 1.807) is 24.5 Å². The molecule has 0 aliphatic carbocycles. The van der Waals surface area contributed by atoms with Gasteiger partial charge in [-0.3, -0.25) is 9.78 Å². The Labute approximate surface area is 146 Å². The maximum Gasteiger partial charge on any atom is 0.278 e. The number of nitrogens with zero attached hydrogens (tertiary/aromatic N) is 7. The minimum Gasteiger partial charge on any atom is -0.305 e. The van der Waals surface area contributed by atoms with Gasteiger partial charge in [-0.2, -0.15) is 4.68 Å². The normalized spacial score (nSPS) is 11.1. The van der Waals surface area contributed by atoms with Crippen LogP contribution >= 0.6 is 11.8 Å².